The van der Waals surface area contributed by atoms with Crippen molar-refractivity contribution in [3.63, 3.8) is 0 Å². The first-order chi connectivity index (χ1) is 12.9. The molecule has 0 radical (unpaired) electrons. The van der Waals surface area contributed by atoms with Crippen molar-refractivity contribution in [2.45, 2.75) is 20.8 Å². The Bertz CT molecular complexity index is 850. The molecule has 0 saturated carbocycles. The van der Waals surface area contributed by atoms with E-state index in [4.69, 9.17) is 0 Å². The van der Waals surface area contributed by atoms with E-state index in [9.17, 15) is 9.59 Å². The van der Waals surface area contributed by atoms with Gasteiger partial charge in [-0.05, 0) is 32.5 Å². The highest BCUT2D eigenvalue weighted by Crippen LogP contribution is 2.27. The lowest BCUT2D eigenvalue weighted by atomic mass is 10.1. The Morgan fingerprint density at radius 2 is 1.78 bits per heavy atom. The molecule has 1 aliphatic rings. The van der Waals surface area contributed by atoms with Gasteiger partial charge in [-0.3, -0.25) is 14.3 Å². The molecule has 2 aromatic rings. The van der Waals surface area contributed by atoms with Gasteiger partial charge in [-0.15, -0.1) is 0 Å². The molecule has 2 heterocycles. The fourth-order valence-electron chi connectivity index (χ4n) is 3.55. The molecule has 27 heavy (non-hydrogen) atoms. The summed E-state index contributed by atoms with van der Waals surface area (Å²) in [5.74, 6) is -1.18. The average Bonchev–Trinajstić information content (AvgIpc) is 2.93. The van der Waals surface area contributed by atoms with Crippen LogP contribution in [0.2, 0.25) is 0 Å². The summed E-state index contributed by atoms with van der Waals surface area (Å²) in [5.41, 5.74) is 3.26. The van der Waals surface area contributed by atoms with Crippen LogP contribution in [-0.4, -0.2) is 59.1 Å². The van der Waals surface area contributed by atoms with Gasteiger partial charge in [0.2, 0.25) is 0 Å². The van der Waals surface area contributed by atoms with Crippen LogP contribution in [0.3, 0.4) is 0 Å². The molecule has 1 aromatic heterocycles. The molecular weight excluding hydrogens is 342 g/mol. The predicted molar refractivity (Wildman–Crippen MR) is 106 cm³/mol. The van der Waals surface area contributed by atoms with Gasteiger partial charge in [-0.25, -0.2) is 0 Å². The number of carbonyl (C=O) groups excluding carboxylic acids is 2. The number of aromatic nitrogens is 2. The third-order valence-corrected chi connectivity index (χ3v) is 5.25. The number of aryl methyl sites for hydroxylation is 2. The van der Waals surface area contributed by atoms with Crippen LogP contribution in [0.5, 0.6) is 0 Å². The number of Topliss-reactive ketones (excluding diaryl/α,β-unsaturated/α-hetero) is 1. The van der Waals surface area contributed by atoms with Crippen molar-refractivity contribution in [2.24, 2.45) is 7.05 Å². The number of piperazine rings is 1. The van der Waals surface area contributed by atoms with Gasteiger partial charge in [0.1, 0.15) is 0 Å². The van der Waals surface area contributed by atoms with Gasteiger partial charge < -0.3 is 15.1 Å². The highest BCUT2D eigenvalue weighted by molar-refractivity contribution is 6.47. The Kier molecular flexibility index (Phi) is 5.60. The number of nitrogens with zero attached hydrogens (tertiary/aromatic N) is 4. The molecule has 0 unspecified atom stereocenters. The highest BCUT2D eigenvalue weighted by atomic mass is 16.2. The van der Waals surface area contributed by atoms with Crippen LogP contribution in [0, 0.1) is 13.8 Å². The maximum Gasteiger partial charge on any atom is 0.296 e. The molecule has 7 nitrogen and oxygen atoms in total. The second-order valence-electron chi connectivity index (χ2n) is 6.89. The molecule has 1 aliphatic heterocycles. The average molecular weight is 369 g/mol. The van der Waals surface area contributed by atoms with E-state index in [1.54, 1.807) is 25.6 Å². The maximum atomic E-state index is 12.7. The van der Waals surface area contributed by atoms with Crippen LogP contribution in [0.1, 0.15) is 28.7 Å². The normalized spacial score (nSPS) is 15.0. The zero-order chi connectivity index (χ0) is 19.6. The summed E-state index contributed by atoms with van der Waals surface area (Å²) in [6.45, 7) is 10.5. The number of anilines is 2. The van der Waals surface area contributed by atoms with Gasteiger partial charge in [0.25, 0.3) is 11.7 Å². The third kappa shape index (κ3) is 3.88. The minimum Gasteiger partial charge on any atom is -0.367 e. The molecule has 0 atom stereocenters. The summed E-state index contributed by atoms with van der Waals surface area (Å²) in [6, 6.07) is 7.65. The molecule has 1 fully saturated rings. The molecule has 0 bridgehead atoms. The number of para-hydroxylation sites is 2. The number of nitrogens with one attached hydrogen (secondary N) is 1. The zero-order valence-corrected chi connectivity index (χ0v) is 16.5. The van der Waals surface area contributed by atoms with E-state index in [1.165, 1.54) is 0 Å². The molecule has 144 valence electrons. The van der Waals surface area contributed by atoms with Crippen LogP contribution in [0.15, 0.2) is 24.3 Å². The maximum absolute atomic E-state index is 12.7. The number of ketones is 1. The van der Waals surface area contributed by atoms with Gasteiger partial charge in [0.15, 0.2) is 0 Å². The van der Waals surface area contributed by atoms with Gasteiger partial charge in [-0.2, -0.15) is 5.10 Å². The van der Waals surface area contributed by atoms with E-state index >= 15 is 0 Å². The van der Waals surface area contributed by atoms with Gasteiger partial charge in [-0.1, -0.05) is 19.1 Å². The largest absolute Gasteiger partial charge is 0.367 e. The molecular formula is C20H27N5O2. The Balaban J connectivity index is 1.78. The number of benzene rings is 1. The number of carbonyl (C=O) groups is 2. The fraction of sp³-hybridized carbons (Fsp3) is 0.450. The second-order valence-corrected chi connectivity index (χ2v) is 6.89. The lowest BCUT2D eigenvalue weighted by Crippen LogP contribution is -2.46. The third-order valence-electron chi connectivity index (χ3n) is 5.25. The summed E-state index contributed by atoms with van der Waals surface area (Å²) in [7, 11) is 1.77. The molecule has 1 saturated heterocycles. The first-order valence-electron chi connectivity index (χ1n) is 9.34. The van der Waals surface area contributed by atoms with Crippen molar-refractivity contribution in [3.8, 4) is 0 Å². The standard InChI is InChI=1S/C20H27N5O2/c1-5-24-10-12-25(13-11-24)17-9-7-6-8-16(17)21-20(27)19(26)18-14(2)22-23(4)15(18)3/h6-9H,5,10-13H2,1-4H3,(H,21,27). The Labute approximate surface area is 159 Å². The van der Waals surface area contributed by atoms with Crippen molar-refractivity contribution < 1.29 is 9.59 Å². The van der Waals surface area contributed by atoms with Crippen LogP contribution in [0.25, 0.3) is 0 Å². The molecule has 1 amide bonds. The molecule has 7 heteroatoms. The fourth-order valence-corrected chi connectivity index (χ4v) is 3.55. The topological polar surface area (TPSA) is 70.5 Å². The minimum atomic E-state index is -0.631. The summed E-state index contributed by atoms with van der Waals surface area (Å²) >= 11 is 0. The summed E-state index contributed by atoms with van der Waals surface area (Å²) in [4.78, 5) is 30.0. The molecule has 1 aromatic carbocycles. The predicted octanol–water partition coefficient (Wildman–Crippen LogP) is 2.00. The smallest absolute Gasteiger partial charge is 0.296 e. The Hall–Kier alpha value is -2.67. The van der Waals surface area contributed by atoms with Gasteiger partial charge >= 0.3 is 0 Å². The van der Waals surface area contributed by atoms with Crippen molar-refractivity contribution in [1.29, 1.82) is 0 Å². The van der Waals surface area contributed by atoms with E-state index in [0.717, 1.165) is 38.4 Å². The van der Waals surface area contributed by atoms with Crippen molar-refractivity contribution in [1.82, 2.24) is 14.7 Å². The van der Waals surface area contributed by atoms with Gasteiger partial charge in [0.05, 0.1) is 22.6 Å². The van der Waals surface area contributed by atoms with E-state index in [1.807, 2.05) is 24.3 Å². The first kappa shape index (κ1) is 19.1. The lowest BCUT2D eigenvalue weighted by Gasteiger charge is -2.36. The Morgan fingerprint density at radius 3 is 2.37 bits per heavy atom. The molecule has 3 rings (SSSR count). The highest BCUT2D eigenvalue weighted by Gasteiger charge is 2.25. The molecule has 0 aliphatic carbocycles. The second kappa shape index (κ2) is 7.92. The summed E-state index contributed by atoms with van der Waals surface area (Å²) < 4.78 is 1.62. The number of hydrogen-bond acceptors (Lipinski definition) is 5. The van der Waals surface area contributed by atoms with Crippen LogP contribution >= 0.6 is 0 Å². The van der Waals surface area contributed by atoms with Crippen LogP contribution in [0.4, 0.5) is 11.4 Å². The lowest BCUT2D eigenvalue weighted by molar-refractivity contribution is -0.112. The number of rotatable bonds is 5. The van der Waals surface area contributed by atoms with Gasteiger partial charge in [0, 0.05) is 38.9 Å². The number of likely N-dealkylation sites (N-methyl/N-ethyl adjacent to an activating group) is 1. The van der Waals surface area contributed by atoms with E-state index in [-0.39, 0.29) is 0 Å². The van der Waals surface area contributed by atoms with Crippen LogP contribution < -0.4 is 10.2 Å². The van der Waals surface area contributed by atoms with Crippen molar-refractivity contribution in [3.05, 3.63) is 41.2 Å². The van der Waals surface area contributed by atoms with Crippen molar-refractivity contribution >= 4 is 23.1 Å². The van der Waals surface area contributed by atoms with E-state index in [2.05, 4.69) is 27.1 Å². The van der Waals surface area contributed by atoms with Crippen LogP contribution in [-0.2, 0) is 11.8 Å². The first-order valence-corrected chi connectivity index (χ1v) is 9.34. The van der Waals surface area contributed by atoms with Crippen molar-refractivity contribution in [2.75, 3.05) is 42.9 Å². The minimum absolute atomic E-state index is 0.379. The zero-order valence-electron chi connectivity index (χ0n) is 16.5. The SMILES string of the molecule is CCN1CCN(c2ccccc2NC(=O)C(=O)c2c(C)nn(C)c2C)CC1. The molecule has 0 spiro atoms. The quantitative estimate of drug-likeness (QED) is 0.645. The van der Waals surface area contributed by atoms with E-state index < -0.39 is 11.7 Å². The Morgan fingerprint density at radius 1 is 1.11 bits per heavy atom. The summed E-state index contributed by atoms with van der Waals surface area (Å²) in [6.07, 6.45) is 0. The number of amides is 1. The molecule has 1 N–H and O–H groups in total. The monoisotopic (exact) mass is 369 g/mol. The van der Waals surface area contributed by atoms with E-state index in [0.29, 0.717) is 22.6 Å². The summed E-state index contributed by atoms with van der Waals surface area (Å²) in [5, 5.41) is 7.04. The number of hydrogen-bond donors (Lipinski definition) is 1.